The van der Waals surface area contributed by atoms with Crippen LogP contribution in [0.25, 0.3) is 5.69 Å². The highest BCUT2D eigenvalue weighted by Crippen LogP contribution is 2.17. The van der Waals surface area contributed by atoms with Crippen LogP contribution in [0.3, 0.4) is 0 Å². The highest BCUT2D eigenvalue weighted by Gasteiger charge is 2.15. The fraction of sp³-hybridized carbons (Fsp3) is 0.111. The van der Waals surface area contributed by atoms with Gasteiger partial charge < -0.3 is 5.32 Å². The molecule has 0 saturated carbocycles. The monoisotopic (exact) mass is 447 g/mol. The Labute approximate surface area is 157 Å². The topological polar surface area (TPSA) is 46.9 Å². The molecule has 24 heavy (non-hydrogen) atoms. The maximum Gasteiger partial charge on any atom is 0.255 e. The van der Waals surface area contributed by atoms with Crippen LogP contribution in [0.5, 0.6) is 0 Å². The number of nitrogens with zero attached hydrogens (tertiary/aromatic N) is 2. The molecule has 0 radical (unpaired) electrons. The summed E-state index contributed by atoms with van der Waals surface area (Å²) >= 11 is 6.85. The fourth-order valence-corrected chi connectivity index (χ4v) is 3.11. The van der Waals surface area contributed by atoms with Crippen molar-refractivity contribution >= 4 is 37.8 Å². The number of carbonyl (C=O) groups excluding carboxylic acids is 1. The van der Waals surface area contributed by atoms with Crippen LogP contribution in [-0.4, -0.2) is 15.7 Å². The molecule has 3 aromatic rings. The Morgan fingerprint density at radius 2 is 1.88 bits per heavy atom. The first-order valence-electron chi connectivity index (χ1n) is 7.38. The second kappa shape index (κ2) is 7.32. The molecule has 0 aliphatic heterocycles. The Bertz CT molecular complexity index is 872. The number of rotatable bonds is 4. The number of hydrogen-bond donors (Lipinski definition) is 1. The van der Waals surface area contributed by atoms with Gasteiger partial charge in [-0.15, -0.1) is 0 Å². The van der Waals surface area contributed by atoms with Crippen molar-refractivity contribution in [3.05, 3.63) is 80.5 Å². The molecule has 1 N–H and O–H groups in total. The summed E-state index contributed by atoms with van der Waals surface area (Å²) in [6, 6.07) is 15.7. The van der Waals surface area contributed by atoms with E-state index in [4.69, 9.17) is 0 Å². The zero-order valence-corrected chi connectivity index (χ0v) is 16.1. The molecule has 0 unspecified atom stereocenters. The lowest BCUT2D eigenvalue weighted by molar-refractivity contribution is 0.0950. The molecule has 1 amide bonds. The van der Waals surface area contributed by atoms with Gasteiger partial charge in [0.2, 0.25) is 0 Å². The fourth-order valence-electron chi connectivity index (χ4n) is 2.40. The van der Waals surface area contributed by atoms with Crippen LogP contribution in [0.4, 0.5) is 0 Å². The summed E-state index contributed by atoms with van der Waals surface area (Å²) in [6.45, 7) is 2.37. The molecule has 0 aliphatic carbocycles. The number of benzene rings is 2. The summed E-state index contributed by atoms with van der Waals surface area (Å²) in [5, 5.41) is 7.28. The lowest BCUT2D eigenvalue weighted by atomic mass is 10.2. The Morgan fingerprint density at radius 3 is 2.58 bits per heavy atom. The summed E-state index contributed by atoms with van der Waals surface area (Å²) in [7, 11) is 0. The van der Waals surface area contributed by atoms with Crippen molar-refractivity contribution in [2.24, 2.45) is 0 Å². The molecule has 1 aromatic heterocycles. The van der Waals surface area contributed by atoms with E-state index in [1.165, 1.54) is 0 Å². The van der Waals surface area contributed by atoms with Crippen molar-refractivity contribution in [3.8, 4) is 5.69 Å². The van der Waals surface area contributed by atoms with Gasteiger partial charge >= 0.3 is 0 Å². The third-order valence-corrected chi connectivity index (χ3v) is 4.69. The molecule has 3 rings (SSSR count). The van der Waals surface area contributed by atoms with E-state index in [1.807, 2.05) is 55.5 Å². The van der Waals surface area contributed by atoms with Gasteiger partial charge in [0.1, 0.15) is 0 Å². The van der Waals surface area contributed by atoms with Crippen molar-refractivity contribution in [2.75, 3.05) is 0 Å². The van der Waals surface area contributed by atoms with Crippen molar-refractivity contribution in [1.82, 2.24) is 15.1 Å². The van der Waals surface area contributed by atoms with Crippen molar-refractivity contribution in [3.63, 3.8) is 0 Å². The van der Waals surface area contributed by atoms with Crippen molar-refractivity contribution in [2.45, 2.75) is 13.5 Å². The van der Waals surface area contributed by atoms with Gasteiger partial charge in [-0.2, -0.15) is 5.10 Å². The van der Waals surface area contributed by atoms with E-state index < -0.39 is 0 Å². The van der Waals surface area contributed by atoms with Crippen molar-refractivity contribution in [1.29, 1.82) is 0 Å². The first-order chi connectivity index (χ1) is 11.5. The van der Waals surface area contributed by atoms with E-state index in [9.17, 15) is 4.79 Å². The number of amides is 1. The van der Waals surface area contributed by atoms with Crippen LogP contribution in [0.2, 0.25) is 0 Å². The quantitative estimate of drug-likeness (QED) is 0.632. The Kier molecular flexibility index (Phi) is 5.16. The minimum atomic E-state index is -0.129. The van der Waals surface area contributed by atoms with E-state index in [0.717, 1.165) is 25.9 Å². The zero-order valence-electron chi connectivity index (χ0n) is 13.0. The van der Waals surface area contributed by atoms with Crippen molar-refractivity contribution < 1.29 is 4.79 Å². The SMILES string of the molecule is Cc1c(C(=O)NCc2cccc(Br)c2)cnn1-c1ccc(Br)cc1. The molecule has 0 atom stereocenters. The predicted octanol–water partition coefficient (Wildman–Crippen LogP) is 4.64. The molecule has 0 fully saturated rings. The lowest BCUT2D eigenvalue weighted by Crippen LogP contribution is -2.23. The minimum absolute atomic E-state index is 0.129. The molecule has 0 aliphatic rings. The van der Waals surface area contributed by atoms with Crippen LogP contribution >= 0.6 is 31.9 Å². The predicted molar refractivity (Wildman–Crippen MR) is 101 cm³/mol. The van der Waals surface area contributed by atoms with Gasteiger partial charge in [0.25, 0.3) is 5.91 Å². The second-order valence-corrected chi connectivity index (χ2v) is 7.18. The van der Waals surface area contributed by atoms with Gasteiger partial charge in [0, 0.05) is 15.5 Å². The summed E-state index contributed by atoms with van der Waals surface area (Å²) in [5.41, 5.74) is 3.34. The molecular weight excluding hydrogens is 434 g/mol. The molecule has 122 valence electrons. The molecule has 1 heterocycles. The van der Waals surface area contributed by atoms with Gasteiger partial charge in [-0.3, -0.25) is 4.79 Å². The number of carbonyl (C=O) groups is 1. The third-order valence-electron chi connectivity index (χ3n) is 3.67. The zero-order chi connectivity index (χ0) is 17.1. The lowest BCUT2D eigenvalue weighted by Gasteiger charge is -2.07. The van der Waals surface area contributed by atoms with E-state index >= 15 is 0 Å². The average molecular weight is 449 g/mol. The Balaban J connectivity index is 1.75. The second-order valence-electron chi connectivity index (χ2n) is 5.34. The number of halogens is 2. The third kappa shape index (κ3) is 3.76. The van der Waals surface area contributed by atoms with Crippen LogP contribution in [0, 0.1) is 6.92 Å². The molecule has 4 nitrogen and oxygen atoms in total. The Morgan fingerprint density at radius 1 is 1.12 bits per heavy atom. The maximum atomic E-state index is 12.4. The first-order valence-corrected chi connectivity index (χ1v) is 8.96. The maximum absolute atomic E-state index is 12.4. The molecule has 0 bridgehead atoms. The standard InChI is InChI=1S/C18H15Br2N3O/c1-12-17(11-22-23(12)16-7-5-14(19)6-8-16)18(24)21-10-13-3-2-4-15(20)9-13/h2-9,11H,10H2,1H3,(H,21,24). The highest BCUT2D eigenvalue weighted by molar-refractivity contribution is 9.10. The number of nitrogens with one attached hydrogen (secondary N) is 1. The van der Waals surface area contributed by atoms with Gasteiger partial charge in [0.15, 0.2) is 0 Å². The normalized spacial score (nSPS) is 10.6. The molecular formula is C18H15Br2N3O. The first kappa shape index (κ1) is 16.9. The molecule has 0 saturated heterocycles. The summed E-state index contributed by atoms with van der Waals surface area (Å²) in [4.78, 5) is 12.4. The summed E-state index contributed by atoms with van der Waals surface area (Å²) in [6.07, 6.45) is 1.60. The van der Waals surface area contributed by atoms with Crippen LogP contribution in [0.1, 0.15) is 21.6 Å². The summed E-state index contributed by atoms with van der Waals surface area (Å²) in [5.74, 6) is -0.129. The number of aromatic nitrogens is 2. The van der Waals surface area contributed by atoms with Gasteiger partial charge in [0.05, 0.1) is 23.1 Å². The molecule has 6 heteroatoms. The number of hydrogen-bond acceptors (Lipinski definition) is 2. The van der Waals surface area contributed by atoms with Crippen LogP contribution < -0.4 is 5.32 Å². The Hall–Kier alpha value is -1.92. The van der Waals surface area contributed by atoms with Crippen LogP contribution in [-0.2, 0) is 6.54 Å². The van der Waals surface area contributed by atoms with Gasteiger partial charge in [-0.05, 0) is 48.9 Å². The smallest absolute Gasteiger partial charge is 0.255 e. The van der Waals surface area contributed by atoms with E-state index in [2.05, 4.69) is 42.3 Å². The van der Waals surface area contributed by atoms with E-state index in [0.29, 0.717) is 12.1 Å². The van der Waals surface area contributed by atoms with E-state index in [-0.39, 0.29) is 5.91 Å². The highest BCUT2D eigenvalue weighted by atomic mass is 79.9. The van der Waals surface area contributed by atoms with Gasteiger partial charge in [-0.1, -0.05) is 44.0 Å². The molecule has 0 spiro atoms. The largest absolute Gasteiger partial charge is 0.348 e. The van der Waals surface area contributed by atoms with Gasteiger partial charge in [-0.25, -0.2) is 4.68 Å². The minimum Gasteiger partial charge on any atom is -0.348 e. The summed E-state index contributed by atoms with van der Waals surface area (Å²) < 4.78 is 3.76. The average Bonchev–Trinajstić information content (AvgIpc) is 2.95. The van der Waals surface area contributed by atoms with E-state index in [1.54, 1.807) is 10.9 Å². The molecule has 2 aromatic carbocycles. The van der Waals surface area contributed by atoms with Crippen LogP contribution in [0.15, 0.2) is 63.7 Å².